The predicted molar refractivity (Wildman–Crippen MR) is 67.2 cm³/mol. The molecule has 0 aliphatic carbocycles. The molecule has 0 unspecified atom stereocenters. The molecule has 1 saturated heterocycles. The van der Waals surface area contributed by atoms with Crippen LogP contribution in [0, 0.1) is 5.41 Å². The van der Waals surface area contributed by atoms with Gasteiger partial charge in [-0.05, 0) is 19.3 Å². The second kappa shape index (κ2) is 5.69. The van der Waals surface area contributed by atoms with E-state index in [1.165, 1.54) is 0 Å². The Balaban J connectivity index is 2.56. The standard InChI is InChI=1S/C13H23NO4/c1-9-7-14(8-10(2)18-9)11(15)5-13(3,4)6-12(16)17/h9-10H,5-8H2,1-4H3,(H,16,17)/t9-,10-/m1/s1. The molecule has 5 heteroatoms. The molecule has 1 N–H and O–H groups in total. The first-order chi connectivity index (χ1) is 8.19. The molecule has 18 heavy (non-hydrogen) atoms. The number of carbonyl (C=O) groups excluding carboxylic acids is 1. The van der Waals surface area contributed by atoms with Crippen LogP contribution in [0.4, 0.5) is 0 Å². The fraction of sp³-hybridized carbons (Fsp3) is 0.846. The number of nitrogens with zero attached hydrogens (tertiary/aromatic N) is 1. The van der Waals surface area contributed by atoms with E-state index in [1.807, 2.05) is 27.7 Å². The number of aliphatic carboxylic acids is 1. The molecule has 0 bridgehead atoms. The number of hydrogen-bond donors (Lipinski definition) is 1. The van der Waals surface area contributed by atoms with Gasteiger partial charge >= 0.3 is 5.97 Å². The molecule has 1 heterocycles. The lowest BCUT2D eigenvalue weighted by molar-refractivity contribution is -0.146. The van der Waals surface area contributed by atoms with Gasteiger partial charge in [-0.1, -0.05) is 13.8 Å². The largest absolute Gasteiger partial charge is 0.481 e. The highest BCUT2D eigenvalue weighted by Gasteiger charge is 2.31. The Morgan fingerprint density at radius 3 is 2.17 bits per heavy atom. The van der Waals surface area contributed by atoms with Crippen LogP contribution in [0.2, 0.25) is 0 Å². The average Bonchev–Trinajstić information content (AvgIpc) is 2.12. The van der Waals surface area contributed by atoms with Crippen molar-refractivity contribution in [3.8, 4) is 0 Å². The van der Waals surface area contributed by atoms with Crippen molar-refractivity contribution in [2.45, 2.75) is 52.7 Å². The smallest absolute Gasteiger partial charge is 0.303 e. The number of hydrogen-bond acceptors (Lipinski definition) is 3. The van der Waals surface area contributed by atoms with Crippen LogP contribution < -0.4 is 0 Å². The summed E-state index contributed by atoms with van der Waals surface area (Å²) in [5.74, 6) is -0.847. The maximum Gasteiger partial charge on any atom is 0.303 e. The summed E-state index contributed by atoms with van der Waals surface area (Å²) >= 11 is 0. The van der Waals surface area contributed by atoms with Crippen LogP contribution in [0.5, 0.6) is 0 Å². The van der Waals surface area contributed by atoms with Crippen molar-refractivity contribution in [3.63, 3.8) is 0 Å². The molecule has 0 aromatic heterocycles. The molecule has 5 nitrogen and oxygen atoms in total. The zero-order chi connectivity index (χ0) is 13.9. The van der Waals surface area contributed by atoms with Gasteiger partial charge in [0.2, 0.25) is 5.91 Å². The third kappa shape index (κ3) is 4.64. The molecule has 1 fully saturated rings. The monoisotopic (exact) mass is 257 g/mol. The number of morpholine rings is 1. The Morgan fingerprint density at radius 2 is 1.72 bits per heavy atom. The number of ether oxygens (including phenoxy) is 1. The lowest BCUT2D eigenvalue weighted by Crippen LogP contribution is -2.49. The van der Waals surface area contributed by atoms with Gasteiger partial charge in [-0.3, -0.25) is 9.59 Å². The van der Waals surface area contributed by atoms with Gasteiger partial charge in [0.15, 0.2) is 0 Å². The molecule has 1 amide bonds. The molecule has 0 saturated carbocycles. The van der Waals surface area contributed by atoms with Gasteiger partial charge in [0.05, 0.1) is 18.6 Å². The van der Waals surface area contributed by atoms with Gasteiger partial charge < -0.3 is 14.7 Å². The van der Waals surface area contributed by atoms with E-state index in [0.717, 1.165) is 0 Å². The minimum Gasteiger partial charge on any atom is -0.481 e. The normalized spacial score (nSPS) is 25.0. The Hall–Kier alpha value is -1.10. The van der Waals surface area contributed by atoms with E-state index in [0.29, 0.717) is 13.1 Å². The lowest BCUT2D eigenvalue weighted by Gasteiger charge is -2.37. The van der Waals surface area contributed by atoms with Gasteiger partial charge in [0.1, 0.15) is 0 Å². The number of rotatable bonds is 4. The first-order valence-electron chi connectivity index (χ1n) is 6.34. The van der Waals surface area contributed by atoms with Crippen LogP contribution >= 0.6 is 0 Å². The third-order valence-electron chi connectivity index (χ3n) is 3.03. The van der Waals surface area contributed by atoms with Crippen LogP contribution in [0.3, 0.4) is 0 Å². The van der Waals surface area contributed by atoms with Crippen molar-refractivity contribution in [3.05, 3.63) is 0 Å². The van der Waals surface area contributed by atoms with E-state index < -0.39 is 11.4 Å². The molecular weight excluding hydrogens is 234 g/mol. The Kier molecular flexibility index (Phi) is 4.73. The number of carboxylic acid groups (broad SMARTS) is 1. The molecule has 2 atom stereocenters. The van der Waals surface area contributed by atoms with E-state index in [-0.39, 0.29) is 31.0 Å². The second-order valence-corrected chi connectivity index (χ2v) is 5.97. The summed E-state index contributed by atoms with van der Waals surface area (Å²) in [6.45, 7) is 8.69. The summed E-state index contributed by atoms with van der Waals surface area (Å²) in [4.78, 5) is 24.7. The van der Waals surface area contributed by atoms with Gasteiger partial charge in [-0.2, -0.15) is 0 Å². The zero-order valence-electron chi connectivity index (χ0n) is 11.6. The fourth-order valence-electron chi connectivity index (χ4n) is 2.37. The summed E-state index contributed by atoms with van der Waals surface area (Å²) in [5, 5.41) is 8.81. The van der Waals surface area contributed by atoms with Crippen LogP contribution in [-0.2, 0) is 14.3 Å². The molecule has 0 radical (unpaired) electrons. The molecule has 1 aliphatic rings. The first kappa shape index (κ1) is 15.0. The van der Waals surface area contributed by atoms with E-state index >= 15 is 0 Å². The molecular formula is C13H23NO4. The third-order valence-corrected chi connectivity index (χ3v) is 3.03. The second-order valence-electron chi connectivity index (χ2n) is 5.97. The lowest BCUT2D eigenvalue weighted by atomic mass is 9.85. The van der Waals surface area contributed by atoms with Gasteiger partial charge in [0, 0.05) is 19.5 Å². The topological polar surface area (TPSA) is 66.8 Å². The van der Waals surface area contributed by atoms with E-state index in [2.05, 4.69) is 0 Å². The van der Waals surface area contributed by atoms with Crippen molar-refractivity contribution in [2.75, 3.05) is 13.1 Å². The van der Waals surface area contributed by atoms with Crippen molar-refractivity contribution >= 4 is 11.9 Å². The van der Waals surface area contributed by atoms with Crippen LogP contribution in [-0.4, -0.2) is 47.2 Å². The van der Waals surface area contributed by atoms with Crippen molar-refractivity contribution in [1.82, 2.24) is 4.90 Å². The minimum absolute atomic E-state index is 0.00812. The highest BCUT2D eigenvalue weighted by molar-refractivity contribution is 5.78. The molecule has 1 rings (SSSR count). The van der Waals surface area contributed by atoms with E-state index in [9.17, 15) is 9.59 Å². The van der Waals surface area contributed by atoms with Crippen molar-refractivity contribution in [2.24, 2.45) is 5.41 Å². The summed E-state index contributed by atoms with van der Waals surface area (Å²) in [7, 11) is 0. The van der Waals surface area contributed by atoms with Gasteiger partial charge in [-0.25, -0.2) is 0 Å². The Morgan fingerprint density at radius 1 is 1.22 bits per heavy atom. The maximum absolute atomic E-state index is 12.2. The minimum atomic E-state index is -0.864. The molecule has 0 aromatic rings. The highest BCUT2D eigenvalue weighted by atomic mass is 16.5. The van der Waals surface area contributed by atoms with Gasteiger partial charge in [-0.15, -0.1) is 0 Å². The first-order valence-corrected chi connectivity index (χ1v) is 6.34. The van der Waals surface area contributed by atoms with Crippen LogP contribution in [0.15, 0.2) is 0 Å². The molecule has 104 valence electrons. The summed E-state index contributed by atoms with van der Waals surface area (Å²) < 4.78 is 5.57. The average molecular weight is 257 g/mol. The zero-order valence-corrected chi connectivity index (χ0v) is 11.6. The summed E-state index contributed by atoms with van der Waals surface area (Å²) in [6.07, 6.45) is 0.355. The fourth-order valence-corrected chi connectivity index (χ4v) is 2.37. The Labute approximate surface area is 108 Å². The van der Waals surface area contributed by atoms with Crippen molar-refractivity contribution in [1.29, 1.82) is 0 Å². The number of amides is 1. The summed E-state index contributed by atoms with van der Waals surface area (Å²) in [5.41, 5.74) is -0.506. The van der Waals surface area contributed by atoms with Crippen LogP contribution in [0.1, 0.15) is 40.5 Å². The predicted octanol–water partition coefficient (Wildman–Crippen LogP) is 1.51. The molecule has 0 spiro atoms. The maximum atomic E-state index is 12.2. The van der Waals surface area contributed by atoms with Crippen LogP contribution in [0.25, 0.3) is 0 Å². The number of carbonyl (C=O) groups is 2. The quantitative estimate of drug-likeness (QED) is 0.829. The SMILES string of the molecule is C[C@@H]1CN(C(=O)CC(C)(C)CC(=O)O)C[C@@H](C)O1. The van der Waals surface area contributed by atoms with Crippen molar-refractivity contribution < 1.29 is 19.4 Å². The number of carboxylic acids is 1. The molecule has 0 aromatic carbocycles. The molecule has 1 aliphatic heterocycles. The van der Waals surface area contributed by atoms with Gasteiger partial charge in [0.25, 0.3) is 0 Å². The van der Waals surface area contributed by atoms with E-state index in [1.54, 1.807) is 4.90 Å². The highest BCUT2D eigenvalue weighted by Crippen LogP contribution is 2.26. The van der Waals surface area contributed by atoms with E-state index in [4.69, 9.17) is 9.84 Å². The Bertz CT molecular complexity index is 317. The summed E-state index contributed by atoms with van der Waals surface area (Å²) in [6, 6.07) is 0.